The van der Waals surface area contributed by atoms with Crippen LogP contribution in [0.15, 0.2) is 0 Å². The van der Waals surface area contributed by atoms with Gasteiger partial charge in [0.05, 0.1) is 12.7 Å². The van der Waals surface area contributed by atoms with Gasteiger partial charge in [0.15, 0.2) is 0 Å². The minimum Gasteiger partial charge on any atom is -0.481 e. The van der Waals surface area contributed by atoms with Crippen molar-refractivity contribution in [2.45, 2.75) is 45.3 Å². The van der Waals surface area contributed by atoms with Crippen LogP contribution in [0.2, 0.25) is 0 Å². The third-order valence-electron chi connectivity index (χ3n) is 2.93. The van der Waals surface area contributed by atoms with E-state index in [4.69, 9.17) is 9.84 Å². The molecule has 6 heteroatoms. The number of urea groups is 1. The number of nitrogens with one attached hydrogen (secondary N) is 1. The largest absolute Gasteiger partial charge is 0.481 e. The van der Waals surface area contributed by atoms with Crippen LogP contribution in [-0.4, -0.2) is 53.8 Å². The Labute approximate surface area is 107 Å². The number of amides is 2. The van der Waals surface area contributed by atoms with Crippen molar-refractivity contribution in [3.05, 3.63) is 0 Å². The summed E-state index contributed by atoms with van der Waals surface area (Å²) in [7, 11) is 0. The van der Waals surface area contributed by atoms with E-state index in [2.05, 4.69) is 5.32 Å². The van der Waals surface area contributed by atoms with Gasteiger partial charge in [0.25, 0.3) is 0 Å². The molecule has 1 fully saturated rings. The van der Waals surface area contributed by atoms with Gasteiger partial charge in [-0.3, -0.25) is 4.79 Å². The maximum absolute atomic E-state index is 11.9. The van der Waals surface area contributed by atoms with Crippen LogP contribution in [0.3, 0.4) is 0 Å². The molecule has 1 aliphatic heterocycles. The van der Waals surface area contributed by atoms with Gasteiger partial charge in [0, 0.05) is 25.6 Å². The molecule has 0 aromatic rings. The molecule has 0 saturated carbocycles. The van der Waals surface area contributed by atoms with E-state index in [1.807, 2.05) is 13.8 Å². The summed E-state index contributed by atoms with van der Waals surface area (Å²) in [4.78, 5) is 24.0. The van der Waals surface area contributed by atoms with E-state index in [1.54, 1.807) is 4.90 Å². The summed E-state index contributed by atoms with van der Waals surface area (Å²) in [6, 6.07) is -0.0945. The van der Waals surface area contributed by atoms with Crippen molar-refractivity contribution in [2.75, 3.05) is 19.7 Å². The summed E-state index contributed by atoms with van der Waals surface area (Å²) in [6.45, 7) is 5.62. The van der Waals surface area contributed by atoms with Gasteiger partial charge in [-0.1, -0.05) is 0 Å². The topological polar surface area (TPSA) is 78.9 Å². The minimum atomic E-state index is -0.796. The third kappa shape index (κ3) is 5.35. The number of morpholine rings is 1. The second-order valence-corrected chi connectivity index (χ2v) is 4.76. The molecule has 6 nitrogen and oxygen atoms in total. The Morgan fingerprint density at radius 2 is 2.28 bits per heavy atom. The molecule has 2 N–H and O–H groups in total. The molecule has 2 atom stereocenters. The molecule has 1 saturated heterocycles. The van der Waals surface area contributed by atoms with E-state index in [1.165, 1.54) is 0 Å². The number of carboxylic acid groups (broad SMARTS) is 1. The van der Waals surface area contributed by atoms with Crippen molar-refractivity contribution in [3.63, 3.8) is 0 Å². The Morgan fingerprint density at radius 3 is 2.89 bits per heavy atom. The Bertz CT molecular complexity index is 296. The summed E-state index contributed by atoms with van der Waals surface area (Å²) in [5.41, 5.74) is 0. The number of carbonyl (C=O) groups excluding carboxylic acids is 1. The lowest BCUT2D eigenvalue weighted by molar-refractivity contribution is -0.137. The molecule has 0 aromatic carbocycles. The molecular formula is C12H22N2O4. The highest BCUT2D eigenvalue weighted by Gasteiger charge is 2.22. The van der Waals surface area contributed by atoms with E-state index in [0.717, 1.165) is 0 Å². The summed E-state index contributed by atoms with van der Waals surface area (Å²) in [5, 5.41) is 11.4. The van der Waals surface area contributed by atoms with Gasteiger partial charge >= 0.3 is 12.0 Å². The van der Waals surface area contributed by atoms with Crippen molar-refractivity contribution in [1.82, 2.24) is 10.2 Å². The van der Waals surface area contributed by atoms with Crippen LogP contribution in [0.25, 0.3) is 0 Å². The van der Waals surface area contributed by atoms with Gasteiger partial charge in [0.2, 0.25) is 0 Å². The zero-order valence-corrected chi connectivity index (χ0v) is 11.0. The first-order valence-electron chi connectivity index (χ1n) is 6.38. The number of nitrogens with zero attached hydrogens (tertiary/aromatic N) is 1. The normalized spacial score (nSPS) is 21.4. The fourth-order valence-corrected chi connectivity index (χ4v) is 1.94. The van der Waals surface area contributed by atoms with E-state index >= 15 is 0 Å². The Morgan fingerprint density at radius 1 is 1.56 bits per heavy atom. The maximum Gasteiger partial charge on any atom is 0.317 e. The van der Waals surface area contributed by atoms with Crippen LogP contribution in [-0.2, 0) is 9.53 Å². The molecule has 104 valence electrons. The van der Waals surface area contributed by atoms with Crippen molar-refractivity contribution >= 4 is 12.0 Å². The summed E-state index contributed by atoms with van der Waals surface area (Å²) in [6.07, 6.45) is 1.48. The number of hydrogen-bond donors (Lipinski definition) is 2. The molecule has 0 bridgehead atoms. The van der Waals surface area contributed by atoms with Crippen LogP contribution in [0.5, 0.6) is 0 Å². The summed E-state index contributed by atoms with van der Waals surface area (Å²) >= 11 is 0. The molecule has 2 unspecified atom stereocenters. The molecule has 0 aliphatic carbocycles. The van der Waals surface area contributed by atoms with Gasteiger partial charge in [-0.25, -0.2) is 4.79 Å². The number of carbonyl (C=O) groups is 2. The zero-order chi connectivity index (χ0) is 13.5. The van der Waals surface area contributed by atoms with Crippen LogP contribution in [0, 0.1) is 0 Å². The van der Waals surface area contributed by atoms with Gasteiger partial charge in [-0.2, -0.15) is 0 Å². The Hall–Kier alpha value is -1.30. The smallest absolute Gasteiger partial charge is 0.317 e. The first-order valence-corrected chi connectivity index (χ1v) is 6.38. The van der Waals surface area contributed by atoms with Gasteiger partial charge < -0.3 is 20.1 Å². The maximum atomic E-state index is 11.9. The second kappa shape index (κ2) is 7.20. The highest BCUT2D eigenvalue weighted by molar-refractivity contribution is 5.74. The quantitative estimate of drug-likeness (QED) is 0.773. The van der Waals surface area contributed by atoms with Crippen LogP contribution in [0.1, 0.15) is 33.1 Å². The molecule has 0 spiro atoms. The Balaban J connectivity index is 2.23. The van der Waals surface area contributed by atoms with Crippen molar-refractivity contribution in [1.29, 1.82) is 0 Å². The first kappa shape index (κ1) is 14.8. The molecule has 18 heavy (non-hydrogen) atoms. The number of hydrogen-bond acceptors (Lipinski definition) is 3. The average molecular weight is 258 g/mol. The second-order valence-electron chi connectivity index (χ2n) is 4.76. The summed E-state index contributed by atoms with van der Waals surface area (Å²) < 4.78 is 5.37. The Kier molecular flexibility index (Phi) is 5.91. The highest BCUT2D eigenvalue weighted by atomic mass is 16.5. The molecule has 2 amide bonds. The molecule has 1 rings (SSSR count). The average Bonchev–Trinajstić information content (AvgIpc) is 2.28. The van der Waals surface area contributed by atoms with E-state index in [9.17, 15) is 9.59 Å². The lowest BCUT2D eigenvalue weighted by Gasteiger charge is -2.32. The lowest BCUT2D eigenvalue weighted by Crippen LogP contribution is -2.50. The summed E-state index contributed by atoms with van der Waals surface area (Å²) in [5.74, 6) is -0.796. The minimum absolute atomic E-state index is 0.00463. The standard InChI is InChI=1S/C12H22N2O4/c1-9(4-3-5-11(15)16)13-12(17)14-6-7-18-10(2)8-14/h9-10H,3-8H2,1-2H3,(H,13,17)(H,15,16). The zero-order valence-electron chi connectivity index (χ0n) is 11.0. The predicted molar refractivity (Wildman–Crippen MR) is 66.5 cm³/mol. The van der Waals surface area contributed by atoms with Gasteiger partial charge in [-0.15, -0.1) is 0 Å². The number of carboxylic acids is 1. The highest BCUT2D eigenvalue weighted by Crippen LogP contribution is 2.06. The fraction of sp³-hybridized carbons (Fsp3) is 0.833. The van der Waals surface area contributed by atoms with E-state index in [-0.39, 0.29) is 24.6 Å². The first-order chi connectivity index (χ1) is 8.49. The number of rotatable bonds is 5. The van der Waals surface area contributed by atoms with Gasteiger partial charge in [0.1, 0.15) is 0 Å². The van der Waals surface area contributed by atoms with Crippen molar-refractivity contribution < 1.29 is 19.4 Å². The molecular weight excluding hydrogens is 236 g/mol. The number of ether oxygens (including phenoxy) is 1. The third-order valence-corrected chi connectivity index (χ3v) is 2.93. The van der Waals surface area contributed by atoms with Crippen LogP contribution in [0.4, 0.5) is 4.79 Å². The number of aliphatic carboxylic acids is 1. The molecule has 0 radical (unpaired) electrons. The van der Waals surface area contributed by atoms with Crippen molar-refractivity contribution in [2.24, 2.45) is 0 Å². The molecule has 1 heterocycles. The van der Waals surface area contributed by atoms with E-state index in [0.29, 0.717) is 32.5 Å². The van der Waals surface area contributed by atoms with Gasteiger partial charge in [-0.05, 0) is 26.7 Å². The van der Waals surface area contributed by atoms with E-state index < -0.39 is 5.97 Å². The lowest BCUT2D eigenvalue weighted by atomic mass is 10.1. The SMILES string of the molecule is CC(CCCC(=O)O)NC(=O)N1CCOC(C)C1. The predicted octanol–water partition coefficient (Wildman–Crippen LogP) is 1.06. The van der Waals surface area contributed by atoms with Crippen molar-refractivity contribution in [3.8, 4) is 0 Å². The molecule has 1 aliphatic rings. The van der Waals surface area contributed by atoms with Crippen LogP contribution < -0.4 is 5.32 Å². The fourth-order valence-electron chi connectivity index (χ4n) is 1.94. The van der Waals surface area contributed by atoms with Crippen LogP contribution >= 0.6 is 0 Å². The molecule has 0 aromatic heterocycles. The monoisotopic (exact) mass is 258 g/mol.